The zero-order chi connectivity index (χ0) is 23.4. The topological polar surface area (TPSA) is 196 Å². The van der Waals surface area contributed by atoms with Crippen LogP contribution in [-0.4, -0.2) is 123 Å². The number of aliphatic carboxylic acids is 3. The lowest BCUT2D eigenvalue weighted by molar-refractivity contribution is -0.170. The van der Waals surface area contributed by atoms with Crippen molar-refractivity contribution in [2.75, 3.05) is 78.9 Å². The molecule has 31 heavy (non-hydrogen) atoms. The lowest BCUT2D eigenvalue weighted by atomic mass is 9.96. The maximum atomic E-state index is 10.3. The first-order chi connectivity index (χ1) is 14.8. The van der Waals surface area contributed by atoms with E-state index in [1.807, 2.05) is 0 Å². The van der Waals surface area contributed by atoms with Crippen LogP contribution in [0.5, 0.6) is 0 Å². The molecule has 0 unspecified atom stereocenters. The van der Waals surface area contributed by atoms with Crippen LogP contribution in [0.25, 0.3) is 0 Å². The predicted molar refractivity (Wildman–Crippen MR) is 108 cm³/mol. The second kappa shape index (κ2) is 18.9. The van der Waals surface area contributed by atoms with E-state index >= 15 is 0 Å². The Bertz CT molecular complexity index is 416. The molecule has 0 aliphatic carbocycles. The van der Waals surface area contributed by atoms with Gasteiger partial charge in [0.25, 0.3) is 0 Å². The zero-order valence-electron chi connectivity index (χ0n) is 17.6. The summed E-state index contributed by atoms with van der Waals surface area (Å²) in [6.07, 6.45) is -2.29. The zero-order valence-corrected chi connectivity index (χ0v) is 17.6. The maximum Gasteiger partial charge on any atom is 0.336 e. The van der Waals surface area contributed by atoms with Crippen LogP contribution in [0.4, 0.5) is 0 Å². The molecule has 0 aromatic carbocycles. The van der Waals surface area contributed by atoms with Crippen molar-refractivity contribution in [3.63, 3.8) is 0 Å². The highest BCUT2D eigenvalue weighted by Crippen LogP contribution is 2.15. The Hall–Kier alpha value is -1.87. The SMILES string of the molecule is C1COCCN1.C1COCCN1.C1COCCN1.O=C(O)CC(O)(CC(=O)O)C(=O)O. The van der Waals surface area contributed by atoms with E-state index in [-0.39, 0.29) is 0 Å². The molecule has 3 aliphatic rings. The van der Waals surface area contributed by atoms with Gasteiger partial charge < -0.3 is 50.6 Å². The minimum Gasteiger partial charge on any atom is -0.481 e. The number of hydrogen-bond acceptors (Lipinski definition) is 10. The fourth-order valence-corrected chi connectivity index (χ4v) is 2.26. The van der Waals surface area contributed by atoms with Crippen molar-refractivity contribution in [2.45, 2.75) is 18.4 Å². The van der Waals surface area contributed by atoms with E-state index in [9.17, 15) is 14.4 Å². The van der Waals surface area contributed by atoms with Gasteiger partial charge in [-0.25, -0.2) is 4.79 Å². The molecule has 182 valence electrons. The molecule has 3 fully saturated rings. The highest BCUT2D eigenvalue weighted by molar-refractivity contribution is 5.88. The van der Waals surface area contributed by atoms with Crippen LogP contribution in [0.1, 0.15) is 12.8 Å². The van der Waals surface area contributed by atoms with E-state index in [2.05, 4.69) is 16.0 Å². The molecule has 3 rings (SSSR count). The summed E-state index contributed by atoms with van der Waals surface area (Å²) in [5.74, 6) is -5.02. The van der Waals surface area contributed by atoms with Crippen molar-refractivity contribution in [1.29, 1.82) is 0 Å². The van der Waals surface area contributed by atoms with Gasteiger partial charge in [-0.15, -0.1) is 0 Å². The summed E-state index contributed by atoms with van der Waals surface area (Å²) in [6, 6.07) is 0. The molecule has 0 aromatic rings. The Labute approximate surface area is 181 Å². The molecule has 0 aromatic heterocycles. The van der Waals surface area contributed by atoms with Crippen LogP contribution in [-0.2, 0) is 28.6 Å². The number of ether oxygens (including phenoxy) is 3. The lowest BCUT2D eigenvalue weighted by Gasteiger charge is -2.18. The first kappa shape index (κ1) is 29.1. The number of aliphatic hydroxyl groups is 1. The van der Waals surface area contributed by atoms with Crippen LogP contribution in [0.3, 0.4) is 0 Å². The average molecular weight is 453 g/mol. The maximum absolute atomic E-state index is 10.3. The second-order valence-corrected chi connectivity index (χ2v) is 6.56. The van der Waals surface area contributed by atoms with Gasteiger partial charge in [0.2, 0.25) is 0 Å². The van der Waals surface area contributed by atoms with Crippen LogP contribution in [0.2, 0.25) is 0 Å². The van der Waals surface area contributed by atoms with Crippen molar-refractivity contribution >= 4 is 17.9 Å². The summed E-state index contributed by atoms with van der Waals surface area (Å²) in [7, 11) is 0. The molecule has 13 heteroatoms. The van der Waals surface area contributed by atoms with Crippen LogP contribution in [0, 0.1) is 0 Å². The predicted octanol–water partition coefficient (Wildman–Crippen LogP) is -2.43. The van der Waals surface area contributed by atoms with Crippen LogP contribution >= 0.6 is 0 Å². The molecule has 0 bridgehead atoms. The standard InChI is InChI=1S/C6H8O7.3C4H9NO/c7-3(8)1-6(13,5(11)12)2-4(9)10;3*1-3-6-4-2-5-1/h13H,1-2H2,(H,7,8)(H,9,10)(H,11,12);3*5H,1-4H2. The van der Waals surface area contributed by atoms with E-state index in [0.717, 1.165) is 78.9 Å². The van der Waals surface area contributed by atoms with Gasteiger partial charge >= 0.3 is 17.9 Å². The van der Waals surface area contributed by atoms with Gasteiger partial charge in [-0.1, -0.05) is 0 Å². The van der Waals surface area contributed by atoms with Gasteiger partial charge in [0.1, 0.15) is 0 Å². The van der Waals surface area contributed by atoms with Gasteiger partial charge in [-0.05, 0) is 0 Å². The Balaban J connectivity index is 0.000000416. The quantitative estimate of drug-likeness (QED) is 0.232. The number of carboxylic acids is 3. The Kier molecular flexibility index (Phi) is 17.7. The summed E-state index contributed by atoms with van der Waals surface area (Å²) in [5.41, 5.74) is -2.74. The Morgan fingerprint density at radius 3 is 0.968 bits per heavy atom. The number of carboxylic acid groups (broad SMARTS) is 3. The molecule has 0 radical (unpaired) electrons. The number of hydrogen-bond donors (Lipinski definition) is 7. The third-order valence-corrected chi connectivity index (χ3v) is 3.82. The fraction of sp³-hybridized carbons (Fsp3) is 0.833. The smallest absolute Gasteiger partial charge is 0.336 e. The van der Waals surface area contributed by atoms with Gasteiger partial charge in [0.15, 0.2) is 5.60 Å². The molecule has 0 atom stereocenters. The molecule has 0 saturated carbocycles. The van der Waals surface area contributed by atoms with E-state index in [4.69, 9.17) is 34.6 Å². The van der Waals surface area contributed by atoms with Gasteiger partial charge in [-0.3, -0.25) is 9.59 Å². The second-order valence-electron chi connectivity index (χ2n) is 6.56. The first-order valence-electron chi connectivity index (χ1n) is 10.0. The molecule has 3 saturated heterocycles. The number of nitrogens with one attached hydrogen (secondary N) is 3. The third-order valence-electron chi connectivity index (χ3n) is 3.82. The number of rotatable bonds is 5. The van der Waals surface area contributed by atoms with Crippen molar-refractivity contribution in [3.05, 3.63) is 0 Å². The van der Waals surface area contributed by atoms with Gasteiger partial charge in [0, 0.05) is 39.3 Å². The van der Waals surface area contributed by atoms with Crippen molar-refractivity contribution in [3.8, 4) is 0 Å². The minimum absolute atomic E-state index is 0.889. The molecule has 0 spiro atoms. The van der Waals surface area contributed by atoms with Crippen LogP contribution in [0.15, 0.2) is 0 Å². The Morgan fingerprint density at radius 2 is 0.871 bits per heavy atom. The molecule has 13 nitrogen and oxygen atoms in total. The summed E-state index contributed by atoms with van der Waals surface area (Å²) < 4.78 is 15.0. The fourth-order valence-electron chi connectivity index (χ4n) is 2.26. The highest BCUT2D eigenvalue weighted by Gasteiger charge is 2.40. The minimum atomic E-state index is -2.74. The summed E-state index contributed by atoms with van der Waals surface area (Å²) in [5, 5.41) is 43.3. The average Bonchev–Trinajstić information content (AvgIpc) is 2.77. The molecular weight excluding hydrogens is 418 g/mol. The van der Waals surface area contributed by atoms with E-state index in [1.54, 1.807) is 0 Å². The van der Waals surface area contributed by atoms with E-state index in [1.165, 1.54) is 0 Å². The number of morpholine rings is 3. The monoisotopic (exact) mass is 453 g/mol. The molecular formula is C18H35N3O10. The third kappa shape index (κ3) is 18.6. The summed E-state index contributed by atoms with van der Waals surface area (Å²) >= 11 is 0. The highest BCUT2D eigenvalue weighted by atomic mass is 16.5. The largest absolute Gasteiger partial charge is 0.481 e. The van der Waals surface area contributed by atoms with Crippen molar-refractivity contribution in [2.24, 2.45) is 0 Å². The van der Waals surface area contributed by atoms with Gasteiger partial charge in [-0.2, -0.15) is 0 Å². The summed E-state index contributed by atoms with van der Waals surface area (Å²) in [6.45, 7) is 11.5. The normalized spacial score (nSPS) is 18.5. The Morgan fingerprint density at radius 1 is 0.613 bits per heavy atom. The van der Waals surface area contributed by atoms with Crippen molar-refractivity contribution < 1.29 is 49.0 Å². The number of carbonyl (C=O) groups is 3. The molecule has 0 amide bonds. The summed E-state index contributed by atoms with van der Waals surface area (Å²) in [4.78, 5) is 30.5. The molecule has 3 aliphatic heterocycles. The van der Waals surface area contributed by atoms with E-state index in [0.29, 0.717) is 0 Å². The molecule has 3 heterocycles. The lowest BCUT2D eigenvalue weighted by Crippen LogP contribution is -2.42. The van der Waals surface area contributed by atoms with Gasteiger partial charge in [0.05, 0.1) is 52.5 Å². The van der Waals surface area contributed by atoms with Crippen molar-refractivity contribution in [1.82, 2.24) is 16.0 Å². The van der Waals surface area contributed by atoms with Crippen LogP contribution < -0.4 is 16.0 Å². The first-order valence-corrected chi connectivity index (χ1v) is 10.0. The molecule has 7 N–H and O–H groups in total. The van der Waals surface area contributed by atoms with E-state index < -0.39 is 36.4 Å².